The van der Waals surface area contributed by atoms with E-state index in [1.807, 2.05) is 0 Å². The average Bonchev–Trinajstić information content (AvgIpc) is 3.02. The van der Waals surface area contributed by atoms with E-state index < -0.39 is 5.97 Å². The number of rotatable bonds is 6. The second kappa shape index (κ2) is 5.34. The molecule has 0 saturated heterocycles. The lowest BCUT2D eigenvalue weighted by Gasteiger charge is -2.15. The Morgan fingerprint density at radius 3 is 2.83 bits per heavy atom. The molecule has 1 atom stereocenters. The van der Waals surface area contributed by atoms with Crippen molar-refractivity contribution in [2.75, 3.05) is 5.73 Å². The van der Waals surface area contributed by atoms with Crippen molar-refractivity contribution in [2.45, 2.75) is 31.7 Å². The van der Waals surface area contributed by atoms with E-state index in [1.165, 1.54) is 11.3 Å². The van der Waals surface area contributed by atoms with Gasteiger partial charge in [-0.1, -0.05) is 0 Å². The number of amides is 1. The van der Waals surface area contributed by atoms with Crippen molar-refractivity contribution in [2.24, 2.45) is 5.92 Å². The molecule has 0 radical (unpaired) electrons. The SMILES string of the molecule is Nc1nc(CC(=O)NC(CC(=O)O)C2CC2)cs1. The van der Waals surface area contributed by atoms with E-state index in [0.29, 0.717) is 16.7 Å². The minimum Gasteiger partial charge on any atom is -0.481 e. The van der Waals surface area contributed by atoms with Gasteiger partial charge in [-0.05, 0) is 18.8 Å². The standard InChI is InChI=1S/C11H15N3O3S/c12-11-13-7(5-18-11)3-9(15)14-8(4-10(16)17)6-1-2-6/h5-6,8H,1-4H2,(H2,12,13)(H,14,15)(H,16,17). The van der Waals surface area contributed by atoms with E-state index in [0.717, 1.165) is 12.8 Å². The topological polar surface area (TPSA) is 105 Å². The molecule has 1 unspecified atom stereocenters. The Labute approximate surface area is 108 Å². The maximum Gasteiger partial charge on any atom is 0.305 e. The van der Waals surface area contributed by atoms with Crippen molar-refractivity contribution in [1.29, 1.82) is 0 Å². The monoisotopic (exact) mass is 269 g/mol. The molecule has 1 saturated carbocycles. The summed E-state index contributed by atoms with van der Waals surface area (Å²) in [5.41, 5.74) is 6.10. The molecular formula is C11H15N3O3S. The molecule has 1 aliphatic carbocycles. The third-order valence-electron chi connectivity index (χ3n) is 2.84. The molecule has 2 rings (SSSR count). The Morgan fingerprint density at radius 2 is 2.33 bits per heavy atom. The van der Waals surface area contributed by atoms with Gasteiger partial charge in [-0.25, -0.2) is 4.98 Å². The zero-order valence-corrected chi connectivity index (χ0v) is 10.6. The highest BCUT2D eigenvalue weighted by Gasteiger charge is 2.33. The van der Waals surface area contributed by atoms with E-state index in [1.54, 1.807) is 5.38 Å². The van der Waals surface area contributed by atoms with Crippen LogP contribution in [-0.4, -0.2) is 28.0 Å². The molecule has 0 bridgehead atoms. The first kappa shape index (κ1) is 12.8. The zero-order valence-electron chi connectivity index (χ0n) is 9.76. The molecule has 0 spiro atoms. The van der Waals surface area contributed by atoms with E-state index >= 15 is 0 Å². The molecule has 1 aromatic rings. The van der Waals surface area contributed by atoms with Gasteiger partial charge < -0.3 is 16.2 Å². The molecule has 0 aromatic carbocycles. The Morgan fingerprint density at radius 1 is 1.61 bits per heavy atom. The molecule has 6 nitrogen and oxygen atoms in total. The number of carbonyl (C=O) groups is 2. The van der Waals surface area contributed by atoms with Gasteiger partial charge in [0.1, 0.15) is 0 Å². The van der Waals surface area contributed by atoms with Crippen LogP contribution in [0.25, 0.3) is 0 Å². The maximum atomic E-state index is 11.8. The summed E-state index contributed by atoms with van der Waals surface area (Å²) < 4.78 is 0. The van der Waals surface area contributed by atoms with Gasteiger partial charge in [0, 0.05) is 11.4 Å². The first-order chi connectivity index (χ1) is 8.54. The number of nitrogens with two attached hydrogens (primary N) is 1. The summed E-state index contributed by atoms with van der Waals surface area (Å²) in [7, 11) is 0. The van der Waals surface area contributed by atoms with Gasteiger partial charge in [0.15, 0.2) is 5.13 Å². The number of nitrogen functional groups attached to an aromatic ring is 1. The molecule has 7 heteroatoms. The van der Waals surface area contributed by atoms with Crippen LogP contribution >= 0.6 is 11.3 Å². The number of carboxylic acid groups (broad SMARTS) is 1. The molecule has 98 valence electrons. The second-order valence-corrected chi connectivity index (χ2v) is 5.35. The van der Waals surface area contributed by atoms with E-state index in [2.05, 4.69) is 10.3 Å². The quantitative estimate of drug-likeness (QED) is 0.702. The summed E-state index contributed by atoms with van der Waals surface area (Å²) in [5, 5.41) is 13.7. The predicted molar refractivity (Wildman–Crippen MR) is 67.1 cm³/mol. The van der Waals surface area contributed by atoms with E-state index in [-0.39, 0.29) is 24.8 Å². The van der Waals surface area contributed by atoms with Gasteiger partial charge in [0.2, 0.25) is 5.91 Å². The van der Waals surface area contributed by atoms with Gasteiger partial charge in [-0.2, -0.15) is 0 Å². The molecule has 1 aliphatic rings. The van der Waals surface area contributed by atoms with Crippen LogP contribution in [0.4, 0.5) is 5.13 Å². The second-order valence-electron chi connectivity index (χ2n) is 4.46. The first-order valence-corrected chi connectivity index (χ1v) is 6.63. The number of nitrogens with one attached hydrogen (secondary N) is 1. The summed E-state index contributed by atoms with van der Waals surface area (Å²) in [6.45, 7) is 0. The predicted octanol–water partition coefficient (Wildman–Crippen LogP) is 0.637. The minimum absolute atomic E-state index is 0.0182. The summed E-state index contributed by atoms with van der Waals surface area (Å²) in [5.74, 6) is -0.769. The van der Waals surface area contributed by atoms with Crippen molar-refractivity contribution in [3.05, 3.63) is 11.1 Å². The number of aromatic nitrogens is 1. The molecule has 18 heavy (non-hydrogen) atoms. The van der Waals surface area contributed by atoms with E-state index in [4.69, 9.17) is 10.8 Å². The van der Waals surface area contributed by atoms with Gasteiger partial charge in [0.25, 0.3) is 0 Å². The molecule has 1 heterocycles. The number of hydrogen-bond donors (Lipinski definition) is 3. The number of nitrogens with zero attached hydrogens (tertiary/aromatic N) is 1. The smallest absolute Gasteiger partial charge is 0.305 e. The lowest BCUT2D eigenvalue weighted by molar-refractivity contribution is -0.137. The number of anilines is 1. The summed E-state index contributed by atoms with van der Waals surface area (Å²) in [4.78, 5) is 26.5. The molecular weight excluding hydrogens is 254 g/mol. The number of thiazole rings is 1. The normalized spacial score (nSPS) is 16.2. The Bertz CT molecular complexity index is 456. The summed E-state index contributed by atoms with van der Waals surface area (Å²) in [6, 6.07) is -0.258. The lowest BCUT2D eigenvalue weighted by Crippen LogP contribution is -2.39. The van der Waals surface area contributed by atoms with Crippen LogP contribution in [0.3, 0.4) is 0 Å². The van der Waals surface area contributed by atoms with Crippen LogP contribution in [0, 0.1) is 5.92 Å². The van der Waals surface area contributed by atoms with Crippen LogP contribution in [0.2, 0.25) is 0 Å². The van der Waals surface area contributed by atoms with Gasteiger partial charge in [-0.3, -0.25) is 9.59 Å². The Kier molecular flexibility index (Phi) is 3.81. The van der Waals surface area contributed by atoms with Crippen LogP contribution in [-0.2, 0) is 16.0 Å². The van der Waals surface area contributed by atoms with E-state index in [9.17, 15) is 9.59 Å². The van der Waals surface area contributed by atoms with Crippen molar-refractivity contribution < 1.29 is 14.7 Å². The molecule has 1 amide bonds. The fraction of sp³-hybridized carbons (Fsp3) is 0.545. The number of hydrogen-bond acceptors (Lipinski definition) is 5. The Hall–Kier alpha value is -1.63. The van der Waals surface area contributed by atoms with Crippen LogP contribution in [0.15, 0.2) is 5.38 Å². The van der Waals surface area contributed by atoms with Gasteiger partial charge >= 0.3 is 5.97 Å². The van der Waals surface area contributed by atoms with Crippen molar-refractivity contribution in [3.8, 4) is 0 Å². The molecule has 4 N–H and O–H groups in total. The van der Waals surface area contributed by atoms with Gasteiger partial charge in [-0.15, -0.1) is 11.3 Å². The lowest BCUT2D eigenvalue weighted by atomic mass is 10.1. The Balaban J connectivity index is 1.86. The molecule has 1 aromatic heterocycles. The van der Waals surface area contributed by atoms with Crippen molar-refractivity contribution >= 4 is 28.3 Å². The largest absolute Gasteiger partial charge is 0.481 e. The minimum atomic E-state index is -0.884. The molecule has 1 fully saturated rings. The molecule has 0 aliphatic heterocycles. The third kappa shape index (κ3) is 3.69. The fourth-order valence-electron chi connectivity index (χ4n) is 1.85. The van der Waals surface area contributed by atoms with Crippen molar-refractivity contribution in [3.63, 3.8) is 0 Å². The highest BCUT2D eigenvalue weighted by Crippen LogP contribution is 2.34. The third-order valence-corrected chi connectivity index (χ3v) is 3.57. The van der Waals surface area contributed by atoms with Crippen LogP contribution < -0.4 is 11.1 Å². The number of aliphatic carboxylic acids is 1. The number of carbonyl (C=O) groups excluding carboxylic acids is 1. The first-order valence-electron chi connectivity index (χ1n) is 5.75. The highest BCUT2D eigenvalue weighted by atomic mass is 32.1. The van der Waals surface area contributed by atoms with Gasteiger partial charge in [0.05, 0.1) is 18.5 Å². The number of carboxylic acids is 1. The van der Waals surface area contributed by atoms with Crippen molar-refractivity contribution in [1.82, 2.24) is 10.3 Å². The zero-order chi connectivity index (χ0) is 13.1. The van der Waals surface area contributed by atoms with Crippen LogP contribution in [0.1, 0.15) is 25.0 Å². The fourth-order valence-corrected chi connectivity index (χ4v) is 2.41. The van der Waals surface area contributed by atoms with Crippen LogP contribution in [0.5, 0.6) is 0 Å². The summed E-state index contributed by atoms with van der Waals surface area (Å²) in [6.07, 6.45) is 2.11. The maximum absolute atomic E-state index is 11.8. The average molecular weight is 269 g/mol. The summed E-state index contributed by atoms with van der Waals surface area (Å²) >= 11 is 1.29. The highest BCUT2D eigenvalue weighted by molar-refractivity contribution is 7.13.